The van der Waals surface area contributed by atoms with Crippen molar-refractivity contribution in [3.63, 3.8) is 0 Å². The maximum atomic E-state index is 12.0. The summed E-state index contributed by atoms with van der Waals surface area (Å²) in [6, 6.07) is 11.4. The van der Waals surface area contributed by atoms with E-state index in [-0.39, 0.29) is 10.5 Å². The van der Waals surface area contributed by atoms with Crippen molar-refractivity contribution in [2.24, 2.45) is 0 Å². The van der Waals surface area contributed by atoms with Crippen LogP contribution in [0.4, 0.5) is 0 Å². The molecule has 0 bridgehead atoms. The van der Waals surface area contributed by atoms with Crippen LogP contribution in [0.15, 0.2) is 64.9 Å². The Bertz CT molecular complexity index is 846. The highest BCUT2D eigenvalue weighted by molar-refractivity contribution is 8.13. The first kappa shape index (κ1) is 17.6. The van der Waals surface area contributed by atoms with E-state index in [0.717, 1.165) is 6.07 Å². The van der Waals surface area contributed by atoms with Gasteiger partial charge in [0.15, 0.2) is 0 Å². The molecule has 0 atom stereocenters. The molecule has 120 valence electrons. The number of rotatable bonds is 6. The zero-order valence-corrected chi connectivity index (χ0v) is 14.3. The molecule has 7 heteroatoms. The van der Waals surface area contributed by atoms with Crippen LogP contribution in [-0.2, 0) is 9.05 Å². The molecule has 0 fully saturated rings. The van der Waals surface area contributed by atoms with Crippen LogP contribution in [0.25, 0.3) is 11.1 Å². The summed E-state index contributed by atoms with van der Waals surface area (Å²) in [7, 11) is 1.43. The summed E-state index contributed by atoms with van der Waals surface area (Å²) < 4.78 is 23.9. The van der Waals surface area contributed by atoms with Crippen molar-refractivity contribution >= 4 is 37.5 Å². The molecular formula is C16H13ClO4S2. The van der Waals surface area contributed by atoms with Crippen molar-refractivity contribution < 1.29 is 18.3 Å². The molecular weight excluding hydrogens is 356 g/mol. The maximum absolute atomic E-state index is 12.0. The molecule has 2 aromatic rings. The van der Waals surface area contributed by atoms with E-state index >= 15 is 0 Å². The van der Waals surface area contributed by atoms with E-state index in [9.17, 15) is 18.3 Å². The van der Waals surface area contributed by atoms with E-state index in [2.05, 4.69) is 6.58 Å². The summed E-state index contributed by atoms with van der Waals surface area (Å²) >= 11 is 1.30. The van der Waals surface area contributed by atoms with Crippen LogP contribution >= 0.6 is 22.4 Å². The van der Waals surface area contributed by atoms with Crippen LogP contribution in [0.5, 0.6) is 0 Å². The topological polar surface area (TPSA) is 71.4 Å². The van der Waals surface area contributed by atoms with Gasteiger partial charge in [-0.15, -0.1) is 18.3 Å². The lowest BCUT2D eigenvalue weighted by Crippen LogP contribution is -2.03. The molecule has 0 aliphatic rings. The summed E-state index contributed by atoms with van der Waals surface area (Å²) in [5.74, 6) is -0.711. The smallest absolute Gasteiger partial charge is 0.335 e. The van der Waals surface area contributed by atoms with Gasteiger partial charge in [0.05, 0.1) is 10.5 Å². The van der Waals surface area contributed by atoms with Crippen LogP contribution in [-0.4, -0.2) is 25.2 Å². The molecule has 0 saturated heterocycles. The Labute approximate surface area is 143 Å². The van der Waals surface area contributed by atoms with Gasteiger partial charge in [-0.05, 0) is 17.7 Å². The molecule has 2 rings (SSSR count). The van der Waals surface area contributed by atoms with Gasteiger partial charge in [0.25, 0.3) is 9.05 Å². The van der Waals surface area contributed by atoms with Gasteiger partial charge in [-0.3, -0.25) is 0 Å². The van der Waals surface area contributed by atoms with Gasteiger partial charge in [0.1, 0.15) is 0 Å². The van der Waals surface area contributed by atoms with E-state index in [1.165, 1.54) is 17.8 Å². The number of hydrogen-bond donors (Lipinski definition) is 1. The quantitative estimate of drug-likeness (QED) is 0.468. The van der Waals surface area contributed by atoms with Gasteiger partial charge < -0.3 is 5.11 Å². The molecule has 4 nitrogen and oxygen atoms in total. The van der Waals surface area contributed by atoms with Crippen LogP contribution in [0, 0.1) is 0 Å². The lowest BCUT2D eigenvalue weighted by Gasteiger charge is -2.14. The summed E-state index contributed by atoms with van der Waals surface area (Å²) in [6.45, 7) is 3.63. The van der Waals surface area contributed by atoms with Crippen LogP contribution in [0.3, 0.4) is 0 Å². The van der Waals surface area contributed by atoms with Gasteiger partial charge in [0.2, 0.25) is 0 Å². The minimum atomic E-state index is -4.12. The first-order chi connectivity index (χ1) is 10.8. The van der Waals surface area contributed by atoms with Crippen molar-refractivity contribution in [3.8, 4) is 11.1 Å². The molecule has 0 amide bonds. The molecule has 0 aromatic heterocycles. The Kier molecular flexibility index (Phi) is 5.51. The number of benzene rings is 2. The second-order valence-corrected chi connectivity index (χ2v) is 8.15. The van der Waals surface area contributed by atoms with E-state index in [1.807, 2.05) is 0 Å². The van der Waals surface area contributed by atoms with Crippen LogP contribution in [0.2, 0.25) is 0 Å². The van der Waals surface area contributed by atoms with Crippen molar-refractivity contribution in [2.45, 2.75) is 9.79 Å². The van der Waals surface area contributed by atoms with Gasteiger partial charge in [0, 0.05) is 26.9 Å². The predicted molar refractivity (Wildman–Crippen MR) is 92.8 cm³/mol. The normalized spacial score (nSPS) is 11.2. The fourth-order valence-electron chi connectivity index (χ4n) is 2.06. The highest BCUT2D eigenvalue weighted by Gasteiger charge is 2.23. The summed E-state index contributed by atoms with van der Waals surface area (Å²) in [5.41, 5.74) is 0.920. The Balaban J connectivity index is 2.83. The number of halogens is 1. The van der Waals surface area contributed by atoms with Crippen molar-refractivity contribution in [3.05, 3.63) is 60.7 Å². The standard InChI is InChI=1S/C16H13ClO4S2/c1-2-8-22-13-9-12(16(18)19)10-14(23(17,20)21)15(13)11-6-4-3-5-7-11/h2-7,9-10H,1,8H2,(H,18,19). The molecule has 1 N–H and O–H groups in total. The Morgan fingerprint density at radius 1 is 1.26 bits per heavy atom. The second-order valence-electron chi connectivity index (χ2n) is 4.56. The molecule has 0 heterocycles. The summed E-state index contributed by atoms with van der Waals surface area (Å²) in [6.07, 6.45) is 1.65. The minimum absolute atomic E-state index is 0.129. The predicted octanol–water partition coefficient (Wildman–Crippen LogP) is 4.26. The van der Waals surface area contributed by atoms with Crippen molar-refractivity contribution in [1.82, 2.24) is 0 Å². The SMILES string of the molecule is C=CCSc1cc(C(=O)O)cc(S(=O)(=O)Cl)c1-c1ccccc1. The molecule has 2 aromatic carbocycles. The van der Waals surface area contributed by atoms with Crippen LogP contribution < -0.4 is 0 Å². The third kappa shape index (κ3) is 4.16. The first-order valence-electron chi connectivity index (χ1n) is 6.49. The summed E-state index contributed by atoms with van der Waals surface area (Å²) in [5, 5.41) is 9.22. The molecule has 0 radical (unpaired) electrons. The molecule has 23 heavy (non-hydrogen) atoms. The number of carboxylic acid groups (broad SMARTS) is 1. The fraction of sp³-hybridized carbons (Fsp3) is 0.0625. The Hall–Kier alpha value is -1.76. The number of hydrogen-bond acceptors (Lipinski definition) is 4. The van der Waals surface area contributed by atoms with Gasteiger partial charge in [-0.25, -0.2) is 13.2 Å². The van der Waals surface area contributed by atoms with E-state index < -0.39 is 15.0 Å². The molecule has 0 unspecified atom stereocenters. The third-order valence-corrected chi connectivity index (χ3v) is 5.38. The van der Waals surface area contributed by atoms with E-state index in [4.69, 9.17) is 10.7 Å². The largest absolute Gasteiger partial charge is 0.478 e. The molecule has 0 aliphatic carbocycles. The van der Waals surface area contributed by atoms with Gasteiger partial charge in [-0.1, -0.05) is 36.4 Å². The van der Waals surface area contributed by atoms with Crippen molar-refractivity contribution in [1.29, 1.82) is 0 Å². The molecule has 0 spiro atoms. The third-order valence-electron chi connectivity index (χ3n) is 2.99. The number of carboxylic acids is 1. The average molecular weight is 369 g/mol. The zero-order chi connectivity index (χ0) is 17.0. The Morgan fingerprint density at radius 3 is 2.43 bits per heavy atom. The maximum Gasteiger partial charge on any atom is 0.335 e. The van der Waals surface area contributed by atoms with Gasteiger partial charge >= 0.3 is 5.97 Å². The second kappa shape index (κ2) is 7.21. The zero-order valence-electron chi connectivity index (χ0n) is 11.9. The monoisotopic (exact) mass is 368 g/mol. The first-order valence-corrected chi connectivity index (χ1v) is 9.79. The summed E-state index contributed by atoms with van der Waals surface area (Å²) in [4.78, 5) is 11.6. The minimum Gasteiger partial charge on any atom is -0.478 e. The Morgan fingerprint density at radius 2 is 1.91 bits per heavy atom. The van der Waals surface area contributed by atoms with E-state index in [1.54, 1.807) is 36.4 Å². The van der Waals surface area contributed by atoms with Crippen molar-refractivity contribution in [2.75, 3.05) is 5.75 Å². The molecule has 0 saturated carbocycles. The number of thioether (sulfide) groups is 1. The lowest BCUT2D eigenvalue weighted by molar-refractivity contribution is 0.0696. The number of carbonyl (C=O) groups is 1. The lowest BCUT2D eigenvalue weighted by atomic mass is 10.0. The fourth-order valence-corrected chi connectivity index (χ4v) is 4.11. The van der Waals surface area contributed by atoms with Gasteiger partial charge in [-0.2, -0.15) is 0 Å². The van der Waals surface area contributed by atoms with E-state index in [0.29, 0.717) is 21.8 Å². The number of aromatic carboxylic acids is 1. The highest BCUT2D eigenvalue weighted by atomic mass is 35.7. The molecule has 0 aliphatic heterocycles. The average Bonchev–Trinajstić information content (AvgIpc) is 2.51. The highest BCUT2D eigenvalue weighted by Crippen LogP contribution is 2.39. The van der Waals surface area contributed by atoms with Crippen LogP contribution in [0.1, 0.15) is 10.4 Å².